The Balaban J connectivity index is 2.37. The summed E-state index contributed by atoms with van der Waals surface area (Å²) in [4.78, 5) is 25.2. The van der Waals surface area contributed by atoms with Crippen molar-refractivity contribution in [1.29, 1.82) is 0 Å². The average Bonchev–Trinajstić information content (AvgIpc) is 2.85. The average molecular weight is 311 g/mol. The number of carboxylic acids is 1. The third kappa shape index (κ3) is 2.92. The molecule has 21 heavy (non-hydrogen) atoms. The molecule has 0 aromatic heterocycles. The Bertz CT molecular complexity index is 562. The summed E-state index contributed by atoms with van der Waals surface area (Å²) in [7, 11) is 0. The largest absolute Gasteiger partial charge is 0.504 e. The van der Waals surface area contributed by atoms with E-state index in [-0.39, 0.29) is 10.9 Å². The number of benzene rings is 1. The molecule has 2 rings (SSSR count). The van der Waals surface area contributed by atoms with Gasteiger partial charge in [0.1, 0.15) is 6.04 Å². The molecule has 1 aromatic carbocycles. The van der Waals surface area contributed by atoms with Crippen LogP contribution in [-0.4, -0.2) is 49.3 Å². The minimum Gasteiger partial charge on any atom is -0.504 e. The first-order valence-electron chi connectivity index (χ1n) is 6.65. The lowest BCUT2D eigenvalue weighted by Gasteiger charge is -2.27. The number of nitrogens with zero attached hydrogens (tertiary/aromatic N) is 1. The highest BCUT2D eigenvalue weighted by atomic mass is 32.2. The summed E-state index contributed by atoms with van der Waals surface area (Å²) < 4.78 is 0. The number of hydrogen-bond acceptors (Lipinski definition) is 5. The molecule has 1 aliphatic heterocycles. The molecule has 3 N–H and O–H groups in total. The van der Waals surface area contributed by atoms with Crippen LogP contribution in [0.15, 0.2) is 18.2 Å². The lowest BCUT2D eigenvalue weighted by atomic mass is 10.1. The van der Waals surface area contributed by atoms with E-state index in [0.29, 0.717) is 12.2 Å². The summed E-state index contributed by atoms with van der Waals surface area (Å²) in [5.74, 6) is -2.22. The number of carbonyl (C=O) groups is 2. The zero-order valence-electron chi connectivity index (χ0n) is 11.5. The Morgan fingerprint density at radius 2 is 2.10 bits per heavy atom. The summed E-state index contributed by atoms with van der Waals surface area (Å²) in [6, 6.07) is 3.17. The Hall–Kier alpha value is -1.89. The van der Waals surface area contributed by atoms with Crippen LogP contribution in [0, 0.1) is 0 Å². The predicted octanol–water partition coefficient (Wildman–Crippen LogP) is 1.87. The van der Waals surface area contributed by atoms with Crippen molar-refractivity contribution in [1.82, 2.24) is 4.90 Å². The maximum atomic E-state index is 12.6. The minimum absolute atomic E-state index is 0.0788. The van der Waals surface area contributed by atoms with E-state index >= 15 is 0 Å². The molecule has 0 spiro atoms. The van der Waals surface area contributed by atoms with Crippen LogP contribution in [0.25, 0.3) is 0 Å². The van der Waals surface area contributed by atoms with Gasteiger partial charge >= 0.3 is 5.97 Å². The third-order valence-electron chi connectivity index (χ3n) is 3.39. The molecule has 6 nitrogen and oxygen atoms in total. The van der Waals surface area contributed by atoms with Gasteiger partial charge in [-0.3, -0.25) is 4.79 Å². The summed E-state index contributed by atoms with van der Waals surface area (Å²) in [5, 5.41) is 28.4. The molecule has 0 saturated carbocycles. The molecular formula is C14H17NO5S. The van der Waals surface area contributed by atoms with Gasteiger partial charge in [-0.15, -0.1) is 11.8 Å². The fourth-order valence-corrected chi connectivity index (χ4v) is 3.85. The fourth-order valence-electron chi connectivity index (χ4n) is 2.34. The molecule has 7 heteroatoms. The first kappa shape index (κ1) is 15.5. The highest BCUT2D eigenvalue weighted by Crippen LogP contribution is 2.36. The second kappa shape index (κ2) is 6.26. The van der Waals surface area contributed by atoms with Gasteiger partial charge in [0.25, 0.3) is 5.91 Å². The molecule has 1 aliphatic rings. The molecule has 114 valence electrons. The van der Waals surface area contributed by atoms with Crippen molar-refractivity contribution in [3.63, 3.8) is 0 Å². The third-order valence-corrected chi connectivity index (χ3v) is 4.75. The van der Waals surface area contributed by atoms with Crippen molar-refractivity contribution in [3.8, 4) is 11.5 Å². The zero-order valence-corrected chi connectivity index (χ0v) is 12.3. The summed E-state index contributed by atoms with van der Waals surface area (Å²) in [6.07, 6.45) is 1.50. The molecule has 0 bridgehead atoms. The number of para-hydroxylation sites is 1. The van der Waals surface area contributed by atoms with Crippen LogP contribution in [0.3, 0.4) is 0 Å². The topological polar surface area (TPSA) is 98.1 Å². The molecule has 1 aromatic rings. The predicted molar refractivity (Wildman–Crippen MR) is 78.5 cm³/mol. The monoisotopic (exact) mass is 311 g/mol. The molecule has 2 unspecified atom stereocenters. The highest BCUT2D eigenvalue weighted by Gasteiger charge is 2.42. The van der Waals surface area contributed by atoms with Crippen LogP contribution in [0.1, 0.15) is 30.1 Å². The van der Waals surface area contributed by atoms with Gasteiger partial charge in [-0.25, -0.2) is 4.79 Å². The first-order chi connectivity index (χ1) is 9.97. The van der Waals surface area contributed by atoms with E-state index in [2.05, 4.69) is 0 Å². The van der Waals surface area contributed by atoms with Gasteiger partial charge in [0.15, 0.2) is 11.5 Å². The van der Waals surface area contributed by atoms with E-state index in [0.717, 1.165) is 6.42 Å². The molecule has 2 atom stereocenters. The number of amides is 1. The normalized spacial score (nSPS) is 21.5. The highest BCUT2D eigenvalue weighted by molar-refractivity contribution is 8.00. The number of aliphatic carboxylic acids is 1. The number of aromatic hydroxyl groups is 2. The van der Waals surface area contributed by atoms with E-state index in [9.17, 15) is 24.9 Å². The Labute approximate surface area is 126 Å². The summed E-state index contributed by atoms with van der Waals surface area (Å²) >= 11 is 1.42. The van der Waals surface area contributed by atoms with Gasteiger partial charge in [-0.1, -0.05) is 19.4 Å². The number of carboxylic acid groups (broad SMARTS) is 1. The van der Waals surface area contributed by atoms with Crippen molar-refractivity contribution >= 4 is 23.6 Å². The smallest absolute Gasteiger partial charge is 0.327 e. The lowest BCUT2D eigenvalue weighted by Crippen LogP contribution is -2.45. The second-order valence-corrected chi connectivity index (χ2v) is 6.03. The van der Waals surface area contributed by atoms with Crippen molar-refractivity contribution in [2.24, 2.45) is 0 Å². The van der Waals surface area contributed by atoms with E-state index < -0.39 is 29.4 Å². The number of thioether (sulfide) groups is 1. The molecule has 0 aliphatic carbocycles. The van der Waals surface area contributed by atoms with Gasteiger partial charge in [0.2, 0.25) is 0 Å². The quantitative estimate of drug-likeness (QED) is 0.734. The van der Waals surface area contributed by atoms with Crippen molar-refractivity contribution in [3.05, 3.63) is 23.8 Å². The van der Waals surface area contributed by atoms with Crippen LogP contribution in [0.4, 0.5) is 0 Å². The number of phenolic OH excluding ortho intramolecular Hbond substituents is 2. The fraction of sp³-hybridized carbons (Fsp3) is 0.429. The standard InChI is InChI=1S/C14H17NO5S/c1-2-4-11-15(9(7-21-11)14(19)20)13(18)8-5-3-6-10(16)12(8)17/h3,5-6,9,11,16-17H,2,4,7H2,1H3,(H,19,20). The van der Waals surface area contributed by atoms with Crippen LogP contribution in [0.5, 0.6) is 11.5 Å². The van der Waals surface area contributed by atoms with E-state index in [1.165, 1.54) is 34.9 Å². The molecule has 1 saturated heterocycles. The Morgan fingerprint density at radius 1 is 1.38 bits per heavy atom. The number of hydrogen-bond donors (Lipinski definition) is 3. The van der Waals surface area contributed by atoms with E-state index in [1.807, 2.05) is 6.92 Å². The van der Waals surface area contributed by atoms with Crippen LogP contribution >= 0.6 is 11.8 Å². The van der Waals surface area contributed by atoms with E-state index in [1.54, 1.807) is 0 Å². The molecule has 1 heterocycles. The van der Waals surface area contributed by atoms with Gasteiger partial charge < -0.3 is 20.2 Å². The number of phenols is 2. The summed E-state index contributed by atoms with van der Waals surface area (Å²) in [5.41, 5.74) is -0.0788. The van der Waals surface area contributed by atoms with Gasteiger partial charge in [0, 0.05) is 5.75 Å². The maximum absolute atomic E-state index is 12.6. The Morgan fingerprint density at radius 3 is 2.71 bits per heavy atom. The number of rotatable bonds is 4. The summed E-state index contributed by atoms with van der Waals surface area (Å²) in [6.45, 7) is 1.96. The van der Waals surface area contributed by atoms with Crippen LogP contribution in [0.2, 0.25) is 0 Å². The number of carbonyl (C=O) groups excluding carboxylic acids is 1. The lowest BCUT2D eigenvalue weighted by molar-refractivity contribution is -0.141. The second-order valence-electron chi connectivity index (χ2n) is 4.82. The maximum Gasteiger partial charge on any atom is 0.327 e. The van der Waals surface area contributed by atoms with Gasteiger partial charge in [-0.2, -0.15) is 0 Å². The molecule has 0 radical (unpaired) electrons. The SMILES string of the molecule is CCCC1SCC(C(=O)O)N1C(=O)c1cccc(O)c1O. The zero-order chi connectivity index (χ0) is 15.6. The molecular weight excluding hydrogens is 294 g/mol. The Kier molecular flexibility index (Phi) is 4.62. The van der Waals surface area contributed by atoms with Crippen molar-refractivity contribution in [2.75, 3.05) is 5.75 Å². The molecule has 1 fully saturated rings. The van der Waals surface area contributed by atoms with Gasteiger partial charge in [-0.05, 0) is 18.6 Å². The minimum atomic E-state index is -1.06. The van der Waals surface area contributed by atoms with E-state index in [4.69, 9.17) is 0 Å². The van der Waals surface area contributed by atoms with Crippen molar-refractivity contribution < 1.29 is 24.9 Å². The van der Waals surface area contributed by atoms with Crippen LogP contribution in [-0.2, 0) is 4.79 Å². The molecule has 1 amide bonds. The van der Waals surface area contributed by atoms with Crippen molar-refractivity contribution in [2.45, 2.75) is 31.2 Å². The van der Waals surface area contributed by atoms with Crippen LogP contribution < -0.4 is 0 Å². The van der Waals surface area contributed by atoms with Gasteiger partial charge in [0.05, 0.1) is 10.9 Å². The first-order valence-corrected chi connectivity index (χ1v) is 7.70.